The highest BCUT2D eigenvalue weighted by molar-refractivity contribution is 7.92. The Morgan fingerprint density at radius 3 is 1.86 bits per heavy atom. The van der Waals surface area contributed by atoms with Crippen molar-refractivity contribution in [3.63, 3.8) is 0 Å². The van der Waals surface area contributed by atoms with Crippen LogP contribution in [0.2, 0.25) is 10.0 Å². The van der Waals surface area contributed by atoms with Crippen molar-refractivity contribution in [3.05, 3.63) is 117 Å². The molecule has 0 bridgehead atoms. The van der Waals surface area contributed by atoms with Crippen LogP contribution >= 0.6 is 45.9 Å². The Bertz CT molecular complexity index is 2710. The van der Waals surface area contributed by atoms with E-state index in [4.69, 9.17) is 23.2 Å². The van der Waals surface area contributed by atoms with E-state index < -0.39 is 37.3 Å². The minimum absolute atomic E-state index is 0.0267. The van der Waals surface area contributed by atoms with Crippen LogP contribution in [0.5, 0.6) is 0 Å². The summed E-state index contributed by atoms with van der Waals surface area (Å²) in [5, 5.41) is 25.4. The van der Waals surface area contributed by atoms with E-state index in [1.165, 1.54) is 22.7 Å². The van der Waals surface area contributed by atoms with Gasteiger partial charge in [-0.1, -0.05) is 37.0 Å². The predicted molar refractivity (Wildman–Crippen MR) is 242 cm³/mol. The molecule has 4 aromatic heterocycles. The highest BCUT2D eigenvalue weighted by Crippen LogP contribution is 2.39. The maximum atomic E-state index is 13.4. The van der Waals surface area contributed by atoms with E-state index >= 15 is 0 Å². The minimum atomic E-state index is -4.02. The van der Waals surface area contributed by atoms with Crippen LogP contribution < -0.4 is 18.7 Å². The van der Waals surface area contributed by atoms with E-state index in [1.807, 2.05) is 71.8 Å². The molecule has 0 aliphatic heterocycles. The Balaban J connectivity index is 1.14. The zero-order valence-electron chi connectivity index (χ0n) is 33.2. The molecule has 11 nitrogen and oxygen atoms in total. The van der Waals surface area contributed by atoms with Crippen LogP contribution in [0.25, 0.3) is 43.1 Å². The Morgan fingerprint density at radius 2 is 1.34 bits per heavy atom. The van der Waals surface area contributed by atoms with E-state index in [1.54, 1.807) is 63.4 Å². The van der Waals surface area contributed by atoms with Gasteiger partial charge in [-0.2, -0.15) is 13.1 Å². The molecule has 0 saturated carbocycles. The van der Waals surface area contributed by atoms with Crippen molar-refractivity contribution >= 4 is 77.5 Å². The van der Waals surface area contributed by atoms with Gasteiger partial charge >= 0.3 is 0 Å². The van der Waals surface area contributed by atoms with Crippen molar-refractivity contribution in [2.24, 2.45) is 0 Å². The zero-order valence-corrected chi connectivity index (χ0v) is 38.0. The lowest BCUT2D eigenvalue weighted by atomic mass is 9.89. The number of nitrogens with zero attached hydrogens (tertiary/aromatic N) is 2. The lowest BCUT2D eigenvalue weighted by Gasteiger charge is -2.21. The number of sulfonamides is 1. The molecule has 312 valence electrons. The summed E-state index contributed by atoms with van der Waals surface area (Å²) >= 11 is 16.3. The number of benzene rings is 2. The van der Waals surface area contributed by atoms with Gasteiger partial charge in [-0.05, 0) is 114 Å². The average Bonchev–Trinajstić information content (AvgIpc) is 3.82. The molecular formula is C42H46Cl2N5O6S4+. The average molecular weight is 916 g/mol. The summed E-state index contributed by atoms with van der Waals surface area (Å²) in [7, 11) is -7.47. The molecule has 1 atom stereocenters. The van der Waals surface area contributed by atoms with Gasteiger partial charge < -0.3 is 10.2 Å². The Morgan fingerprint density at radius 1 is 0.780 bits per heavy atom. The van der Waals surface area contributed by atoms with Crippen molar-refractivity contribution in [3.8, 4) is 43.1 Å². The number of hydrogen-bond acceptors (Lipinski definition) is 9. The molecule has 0 saturated heterocycles. The lowest BCUT2D eigenvalue weighted by molar-refractivity contribution is -0.706. The van der Waals surface area contributed by atoms with Gasteiger partial charge in [0.2, 0.25) is 10.0 Å². The van der Waals surface area contributed by atoms with E-state index in [9.17, 15) is 27.0 Å². The second kappa shape index (κ2) is 17.6. The summed E-state index contributed by atoms with van der Waals surface area (Å²) in [4.78, 5) is 6.25. The van der Waals surface area contributed by atoms with E-state index in [2.05, 4.69) is 19.2 Å². The van der Waals surface area contributed by atoms with Crippen LogP contribution in [0.3, 0.4) is 0 Å². The molecule has 59 heavy (non-hydrogen) atoms. The van der Waals surface area contributed by atoms with Gasteiger partial charge in [0.25, 0.3) is 10.2 Å². The topological polar surface area (TPSA) is 162 Å². The Hall–Kier alpha value is -3.90. The van der Waals surface area contributed by atoms with Crippen LogP contribution in [-0.4, -0.2) is 56.5 Å². The predicted octanol–water partition coefficient (Wildman–Crippen LogP) is 8.76. The van der Waals surface area contributed by atoms with E-state index in [-0.39, 0.29) is 13.2 Å². The number of aromatic nitrogens is 2. The van der Waals surface area contributed by atoms with Gasteiger partial charge in [0.15, 0.2) is 18.4 Å². The number of anilines is 2. The molecular weight excluding hydrogens is 870 g/mol. The maximum absolute atomic E-state index is 13.4. The quantitative estimate of drug-likeness (QED) is 0.0607. The van der Waals surface area contributed by atoms with E-state index in [0.29, 0.717) is 27.8 Å². The summed E-state index contributed by atoms with van der Waals surface area (Å²) < 4.78 is 59.7. The first kappa shape index (κ1) is 44.6. The molecule has 0 spiro atoms. The lowest BCUT2D eigenvalue weighted by Crippen LogP contribution is -2.50. The van der Waals surface area contributed by atoms with Crippen molar-refractivity contribution in [2.75, 3.05) is 22.3 Å². The number of halogens is 2. The number of rotatable bonds is 16. The monoisotopic (exact) mass is 914 g/mol. The molecule has 4 heterocycles. The Labute approximate surface area is 364 Å². The van der Waals surface area contributed by atoms with Crippen molar-refractivity contribution in [1.29, 1.82) is 0 Å². The van der Waals surface area contributed by atoms with E-state index in [0.717, 1.165) is 60.8 Å². The minimum Gasteiger partial charge on any atom is -0.395 e. The highest BCUT2D eigenvalue weighted by atomic mass is 35.5. The number of hydrogen-bond donors (Lipinski definition) is 5. The molecule has 0 radical (unpaired) electrons. The molecule has 6 rings (SSSR count). The Kier molecular flexibility index (Phi) is 13.3. The first-order valence-corrected chi connectivity index (χ1v) is 24.3. The normalized spacial score (nSPS) is 13.1. The molecule has 6 aromatic rings. The van der Waals surface area contributed by atoms with Crippen LogP contribution in [0.1, 0.15) is 46.0 Å². The van der Waals surface area contributed by atoms with Crippen LogP contribution in [-0.2, 0) is 38.6 Å². The molecule has 1 unspecified atom stereocenters. The number of thiophene rings is 2. The van der Waals surface area contributed by atoms with Crippen LogP contribution in [0, 0.1) is 0 Å². The first-order valence-electron chi connectivity index (χ1n) is 18.5. The smallest absolute Gasteiger partial charge is 0.299 e. The van der Waals surface area contributed by atoms with Gasteiger partial charge in [0, 0.05) is 56.0 Å². The van der Waals surface area contributed by atoms with Crippen LogP contribution in [0.15, 0.2) is 96.0 Å². The summed E-state index contributed by atoms with van der Waals surface area (Å²) in [5.74, 6) is 0. The SMILES string of the molecule is CC(C[n+]1ccc(-c2csc(-c3ccc(NS(C)(=O)=O)cc3Cl)c2)cc1CC(C)(C)O)NS(=O)(=O)Nc1ccc(-c2cc(-c3ccnc(C(C)(C)CO)c3)cs2)c(Cl)c1. The zero-order chi connectivity index (χ0) is 42.9. The van der Waals surface area contributed by atoms with Gasteiger partial charge in [-0.25, -0.2) is 13.0 Å². The van der Waals surface area contributed by atoms with Gasteiger partial charge in [0.1, 0.15) is 0 Å². The number of nitrogens with one attached hydrogen (secondary N) is 3. The summed E-state index contributed by atoms with van der Waals surface area (Å²) in [6.07, 6.45) is 4.99. The molecule has 0 fully saturated rings. The van der Waals surface area contributed by atoms with Crippen LogP contribution in [0.4, 0.5) is 11.4 Å². The fraction of sp³-hybridized carbons (Fsp3) is 0.286. The number of aliphatic hydroxyl groups excluding tert-OH is 1. The highest BCUT2D eigenvalue weighted by Gasteiger charge is 2.26. The summed E-state index contributed by atoms with van der Waals surface area (Å²) in [6.45, 7) is 9.33. The number of aliphatic hydroxyl groups is 2. The van der Waals surface area contributed by atoms with Gasteiger partial charge in [0.05, 0.1) is 46.7 Å². The standard InChI is InChI=1S/C42H46Cl2N5O6S4/c1-26(46-59(54,55)48-32-8-10-35(37(44)20-32)38-16-29(23-56-38)27-11-13-45-40(18-27)41(2,3)25-50)22-49-14-12-28(15-33(49)21-42(4,5)51)30-17-39(57-24-30)34-9-7-31(19-36(34)43)47-58(6,52)53/h7-20,23-24,26,46-48,50-51H,21-22,25H2,1-6H3/q+1. The molecule has 0 aliphatic carbocycles. The molecule has 2 aromatic carbocycles. The second-order valence-electron chi connectivity index (χ2n) is 15.8. The van der Waals surface area contributed by atoms with Crippen molar-refractivity contribution < 1.29 is 31.6 Å². The van der Waals surface area contributed by atoms with Gasteiger partial charge in [-0.15, -0.1) is 22.7 Å². The van der Waals surface area contributed by atoms with Gasteiger partial charge in [-0.3, -0.25) is 14.4 Å². The second-order valence-corrected chi connectivity index (χ2v) is 21.6. The molecule has 5 N–H and O–H groups in total. The third kappa shape index (κ3) is 11.7. The molecule has 0 amide bonds. The summed E-state index contributed by atoms with van der Waals surface area (Å²) in [5.41, 5.74) is 6.04. The van der Waals surface area contributed by atoms with Crippen molar-refractivity contribution in [1.82, 2.24) is 9.71 Å². The molecule has 17 heteroatoms. The number of pyridine rings is 2. The molecule has 0 aliphatic rings. The third-order valence-corrected chi connectivity index (χ3v) is 13.7. The fourth-order valence-corrected chi connectivity index (χ4v) is 10.7. The fourth-order valence-electron chi connectivity index (χ4n) is 6.40. The summed E-state index contributed by atoms with van der Waals surface area (Å²) in [6, 6.07) is 21.3. The maximum Gasteiger partial charge on any atom is 0.299 e. The largest absolute Gasteiger partial charge is 0.395 e. The third-order valence-electron chi connectivity index (χ3n) is 9.30. The first-order chi connectivity index (χ1) is 27.6. The van der Waals surface area contributed by atoms with Crippen molar-refractivity contribution in [2.45, 2.75) is 64.6 Å².